The number of nitrogens with one attached hydrogen (secondary N) is 2. The van der Waals surface area contributed by atoms with Gasteiger partial charge in [-0.2, -0.15) is 0 Å². The summed E-state index contributed by atoms with van der Waals surface area (Å²) in [6, 6.07) is 10.0. The zero-order valence-corrected chi connectivity index (χ0v) is 16.9. The van der Waals surface area contributed by atoms with Crippen LogP contribution in [-0.2, 0) is 0 Å². The molecule has 0 radical (unpaired) electrons. The number of para-hydroxylation sites is 1. The van der Waals surface area contributed by atoms with E-state index in [1.807, 2.05) is 26.0 Å². The van der Waals surface area contributed by atoms with Crippen molar-refractivity contribution in [2.45, 2.75) is 38.3 Å². The van der Waals surface area contributed by atoms with Gasteiger partial charge in [0.2, 0.25) is 0 Å². The highest BCUT2D eigenvalue weighted by Gasteiger charge is 2.40. The van der Waals surface area contributed by atoms with Crippen LogP contribution in [0.4, 0.5) is 11.4 Å². The van der Waals surface area contributed by atoms with E-state index >= 15 is 0 Å². The minimum atomic E-state index is -0.414. The minimum Gasteiger partial charge on any atom is -0.377 e. The van der Waals surface area contributed by atoms with E-state index in [9.17, 15) is 14.9 Å². The van der Waals surface area contributed by atoms with Gasteiger partial charge in [-0.3, -0.25) is 14.9 Å². The summed E-state index contributed by atoms with van der Waals surface area (Å²) in [5.74, 6) is 0.150. The lowest BCUT2D eigenvalue weighted by Gasteiger charge is -2.38. The number of nitro groups is 1. The molecule has 1 aliphatic carbocycles. The Kier molecular flexibility index (Phi) is 5.04. The van der Waals surface area contributed by atoms with Crippen molar-refractivity contribution in [3.05, 3.63) is 80.4 Å². The maximum Gasteiger partial charge on any atom is 0.269 e. The Hall–Kier alpha value is -2.86. The van der Waals surface area contributed by atoms with Gasteiger partial charge in [0.05, 0.1) is 22.2 Å². The van der Waals surface area contributed by atoms with E-state index in [2.05, 4.69) is 22.8 Å². The minimum absolute atomic E-state index is 0.00494. The number of fused-ring (bicyclic) bond motifs is 3. The fourth-order valence-electron chi connectivity index (χ4n) is 4.34. The van der Waals surface area contributed by atoms with Crippen molar-refractivity contribution in [1.82, 2.24) is 5.32 Å². The lowest BCUT2D eigenvalue weighted by Crippen LogP contribution is -2.34. The van der Waals surface area contributed by atoms with E-state index in [-0.39, 0.29) is 35.5 Å². The molecule has 2 aliphatic rings. The third kappa shape index (κ3) is 3.49. The summed E-state index contributed by atoms with van der Waals surface area (Å²) in [4.78, 5) is 23.7. The second kappa shape index (κ2) is 7.52. The number of amides is 1. The third-order valence-electron chi connectivity index (χ3n) is 5.59. The van der Waals surface area contributed by atoms with Gasteiger partial charge in [-0.15, -0.1) is 0 Å². The van der Waals surface area contributed by atoms with Crippen molar-refractivity contribution in [2.75, 3.05) is 5.32 Å². The Bertz CT molecular complexity index is 1020. The molecular weight excluding hydrogens is 390 g/mol. The van der Waals surface area contributed by atoms with Gasteiger partial charge in [0, 0.05) is 34.7 Å². The summed E-state index contributed by atoms with van der Waals surface area (Å²) in [6.07, 6.45) is 5.13. The van der Waals surface area contributed by atoms with Gasteiger partial charge in [-0.05, 0) is 43.9 Å². The average molecular weight is 412 g/mol. The summed E-state index contributed by atoms with van der Waals surface area (Å²) in [7, 11) is 0. The van der Waals surface area contributed by atoms with Crippen molar-refractivity contribution in [2.24, 2.45) is 5.92 Å². The number of hydrogen-bond acceptors (Lipinski definition) is 4. The third-order valence-corrected chi connectivity index (χ3v) is 5.93. The summed E-state index contributed by atoms with van der Waals surface area (Å²) in [5.41, 5.74) is 3.10. The molecule has 0 bridgehead atoms. The van der Waals surface area contributed by atoms with Gasteiger partial charge in [-0.25, -0.2) is 0 Å². The van der Waals surface area contributed by atoms with E-state index in [0.717, 1.165) is 17.7 Å². The van der Waals surface area contributed by atoms with Crippen LogP contribution in [-0.4, -0.2) is 16.9 Å². The molecule has 0 fully saturated rings. The lowest BCUT2D eigenvalue weighted by molar-refractivity contribution is -0.384. The molecule has 3 unspecified atom stereocenters. The number of nitro benzene ring substituents is 1. The highest BCUT2D eigenvalue weighted by Crippen LogP contribution is 2.51. The average Bonchev–Trinajstić information content (AvgIpc) is 3.16. The number of benzene rings is 2. The summed E-state index contributed by atoms with van der Waals surface area (Å²) >= 11 is 6.46. The highest BCUT2D eigenvalue weighted by atomic mass is 35.5. The highest BCUT2D eigenvalue weighted by molar-refractivity contribution is 6.31. The first kappa shape index (κ1) is 19.5. The van der Waals surface area contributed by atoms with Crippen LogP contribution in [0.5, 0.6) is 0 Å². The van der Waals surface area contributed by atoms with Gasteiger partial charge < -0.3 is 10.6 Å². The number of hydrogen-bond donors (Lipinski definition) is 2. The van der Waals surface area contributed by atoms with Gasteiger partial charge in [0.25, 0.3) is 11.6 Å². The van der Waals surface area contributed by atoms with Crippen molar-refractivity contribution in [3.63, 3.8) is 0 Å². The maximum atomic E-state index is 12.8. The number of allylic oxidation sites excluding steroid dienone is 2. The molecule has 1 aliphatic heterocycles. The monoisotopic (exact) mass is 411 g/mol. The molecule has 7 heteroatoms. The first-order valence-electron chi connectivity index (χ1n) is 9.67. The normalized spacial score (nSPS) is 22.0. The standard InChI is InChI=1S/C22H22ClN3O3/c1-12(2)24-22(27)17-8-4-7-15-14-5-3-6-16(14)21(25-20(15)17)18-11-13(26(28)29)9-10-19(18)23/h3-5,7-12,14,16,21,25H,6H2,1-2H3,(H,24,27). The van der Waals surface area contributed by atoms with Crippen molar-refractivity contribution in [1.29, 1.82) is 0 Å². The van der Waals surface area contributed by atoms with Crippen molar-refractivity contribution < 1.29 is 9.72 Å². The first-order valence-corrected chi connectivity index (χ1v) is 10.1. The van der Waals surface area contributed by atoms with E-state index in [0.29, 0.717) is 16.1 Å². The number of carbonyl (C=O) groups excluding carboxylic acids is 1. The molecule has 29 heavy (non-hydrogen) atoms. The Balaban J connectivity index is 1.81. The molecule has 2 aromatic carbocycles. The van der Waals surface area contributed by atoms with Crippen LogP contribution in [0.25, 0.3) is 0 Å². The zero-order valence-electron chi connectivity index (χ0n) is 16.2. The smallest absolute Gasteiger partial charge is 0.269 e. The number of non-ortho nitro benzene ring substituents is 1. The number of carbonyl (C=O) groups is 1. The molecule has 3 atom stereocenters. The Morgan fingerprint density at radius 3 is 2.79 bits per heavy atom. The predicted octanol–water partition coefficient (Wildman–Crippen LogP) is 5.21. The predicted molar refractivity (Wildman–Crippen MR) is 114 cm³/mol. The van der Waals surface area contributed by atoms with Crippen LogP contribution < -0.4 is 10.6 Å². The van der Waals surface area contributed by atoms with E-state index < -0.39 is 4.92 Å². The second-order valence-electron chi connectivity index (χ2n) is 7.84. The molecule has 1 heterocycles. The van der Waals surface area contributed by atoms with Crippen molar-refractivity contribution in [3.8, 4) is 0 Å². The largest absolute Gasteiger partial charge is 0.377 e. The van der Waals surface area contributed by atoms with E-state index in [1.54, 1.807) is 12.1 Å². The number of nitrogens with zero attached hydrogens (tertiary/aromatic N) is 1. The van der Waals surface area contributed by atoms with Gasteiger partial charge >= 0.3 is 0 Å². The first-order chi connectivity index (χ1) is 13.9. The molecule has 0 aromatic heterocycles. The molecule has 0 spiro atoms. The van der Waals surface area contributed by atoms with Gasteiger partial charge in [-0.1, -0.05) is 35.9 Å². The van der Waals surface area contributed by atoms with Crippen LogP contribution >= 0.6 is 11.6 Å². The topological polar surface area (TPSA) is 84.3 Å². The summed E-state index contributed by atoms with van der Waals surface area (Å²) in [5, 5.41) is 18.2. The van der Waals surface area contributed by atoms with E-state index in [1.165, 1.54) is 12.1 Å². The molecule has 0 saturated carbocycles. The maximum absolute atomic E-state index is 12.8. The van der Waals surface area contributed by atoms with Crippen LogP contribution in [0, 0.1) is 16.0 Å². The second-order valence-corrected chi connectivity index (χ2v) is 8.24. The summed E-state index contributed by atoms with van der Waals surface area (Å²) in [6.45, 7) is 3.84. The SMILES string of the molecule is CC(C)NC(=O)c1cccc2c1NC(c1cc([N+](=O)[O-])ccc1Cl)C1CC=CC21. The lowest BCUT2D eigenvalue weighted by atomic mass is 9.76. The number of halogens is 1. The summed E-state index contributed by atoms with van der Waals surface area (Å²) < 4.78 is 0. The molecule has 0 saturated heterocycles. The van der Waals surface area contributed by atoms with Crippen LogP contribution in [0.3, 0.4) is 0 Å². The number of anilines is 1. The molecule has 4 rings (SSSR count). The quantitative estimate of drug-likeness (QED) is 0.410. The van der Waals surface area contributed by atoms with Gasteiger partial charge in [0.15, 0.2) is 0 Å². The van der Waals surface area contributed by atoms with Crippen LogP contribution in [0.1, 0.15) is 53.7 Å². The fourth-order valence-corrected chi connectivity index (χ4v) is 4.58. The molecule has 150 valence electrons. The Morgan fingerprint density at radius 2 is 2.07 bits per heavy atom. The van der Waals surface area contributed by atoms with Crippen LogP contribution in [0.2, 0.25) is 5.02 Å². The Labute approximate surface area is 174 Å². The van der Waals surface area contributed by atoms with Crippen molar-refractivity contribution >= 4 is 28.9 Å². The molecule has 6 nitrogen and oxygen atoms in total. The molecule has 2 aromatic rings. The molecule has 2 N–H and O–H groups in total. The van der Waals surface area contributed by atoms with Crippen LogP contribution in [0.15, 0.2) is 48.6 Å². The Morgan fingerprint density at radius 1 is 1.28 bits per heavy atom. The fraction of sp³-hybridized carbons (Fsp3) is 0.318. The molecular formula is C22H22ClN3O3. The number of rotatable bonds is 4. The van der Waals surface area contributed by atoms with Gasteiger partial charge in [0.1, 0.15) is 0 Å². The zero-order chi connectivity index (χ0) is 20.7. The van der Waals surface area contributed by atoms with E-state index in [4.69, 9.17) is 11.6 Å². The molecule has 1 amide bonds.